The van der Waals surface area contributed by atoms with Gasteiger partial charge in [0.15, 0.2) is 0 Å². The Bertz CT molecular complexity index is 467. The maximum atomic E-state index is 5.66. The molecular weight excluding hydrogens is 298 g/mol. The Labute approximate surface area is 114 Å². The van der Waals surface area contributed by atoms with Gasteiger partial charge in [-0.25, -0.2) is 4.98 Å². The Morgan fingerprint density at radius 3 is 2.76 bits per heavy atom. The van der Waals surface area contributed by atoms with Crippen LogP contribution in [0.3, 0.4) is 0 Å². The largest absolute Gasteiger partial charge is 0.487 e. The minimum atomic E-state index is 0.543. The van der Waals surface area contributed by atoms with Crippen LogP contribution in [0.25, 0.3) is 0 Å². The molecule has 2 nitrogen and oxygen atoms in total. The maximum Gasteiger partial charge on any atom is 0.131 e. The molecule has 0 amide bonds. The van der Waals surface area contributed by atoms with E-state index in [0.29, 0.717) is 6.61 Å². The van der Waals surface area contributed by atoms with Crippen LogP contribution >= 0.6 is 27.3 Å². The van der Waals surface area contributed by atoms with E-state index in [1.807, 2.05) is 24.3 Å². The molecule has 90 valence electrons. The summed E-state index contributed by atoms with van der Waals surface area (Å²) in [6, 6.07) is 7.84. The summed E-state index contributed by atoms with van der Waals surface area (Å²) in [5, 5.41) is 3.27. The first-order chi connectivity index (χ1) is 8.28. The van der Waals surface area contributed by atoms with E-state index in [9.17, 15) is 0 Å². The lowest BCUT2D eigenvalue weighted by atomic mass is 10.3. The fourth-order valence-corrected chi connectivity index (χ4v) is 2.58. The van der Waals surface area contributed by atoms with E-state index in [1.54, 1.807) is 11.3 Å². The third kappa shape index (κ3) is 3.82. The summed E-state index contributed by atoms with van der Waals surface area (Å²) in [5.41, 5.74) is 1.02. The predicted octanol–water partition coefficient (Wildman–Crippen LogP) is 4.44. The fourth-order valence-electron chi connectivity index (χ4n) is 1.43. The maximum absolute atomic E-state index is 5.66. The lowest BCUT2D eigenvalue weighted by Crippen LogP contribution is -1.96. The molecule has 0 N–H and O–H groups in total. The number of nitrogens with zero attached hydrogens (tertiary/aromatic N) is 1. The van der Waals surface area contributed by atoms with Crippen molar-refractivity contribution in [1.29, 1.82) is 0 Å². The van der Waals surface area contributed by atoms with Gasteiger partial charge in [0, 0.05) is 9.85 Å². The van der Waals surface area contributed by atoms with E-state index >= 15 is 0 Å². The molecule has 0 radical (unpaired) electrons. The number of rotatable bonds is 5. The number of hydrogen-bond acceptors (Lipinski definition) is 3. The Morgan fingerprint density at radius 2 is 2.06 bits per heavy atom. The standard InChI is InChI=1S/C13H14BrNOS/c1-2-3-13-15-11(9-17-13)8-16-12-6-4-10(14)5-7-12/h4-7,9H,2-3,8H2,1H3. The van der Waals surface area contributed by atoms with Crippen LogP contribution < -0.4 is 4.74 Å². The summed E-state index contributed by atoms with van der Waals surface area (Å²) in [4.78, 5) is 4.52. The van der Waals surface area contributed by atoms with Crippen LogP contribution in [-0.4, -0.2) is 4.98 Å². The van der Waals surface area contributed by atoms with Crippen molar-refractivity contribution in [1.82, 2.24) is 4.98 Å². The van der Waals surface area contributed by atoms with Crippen molar-refractivity contribution in [3.05, 3.63) is 44.8 Å². The highest BCUT2D eigenvalue weighted by Crippen LogP contribution is 2.18. The monoisotopic (exact) mass is 311 g/mol. The fraction of sp³-hybridized carbons (Fsp3) is 0.308. The van der Waals surface area contributed by atoms with Gasteiger partial charge in [0.2, 0.25) is 0 Å². The first-order valence-corrected chi connectivity index (χ1v) is 7.27. The average molecular weight is 312 g/mol. The van der Waals surface area contributed by atoms with Gasteiger partial charge in [-0.2, -0.15) is 0 Å². The molecule has 0 unspecified atom stereocenters. The molecule has 0 aliphatic carbocycles. The molecular formula is C13H14BrNOS. The van der Waals surface area contributed by atoms with Gasteiger partial charge in [-0.05, 0) is 37.1 Å². The minimum Gasteiger partial charge on any atom is -0.487 e. The zero-order valence-corrected chi connectivity index (χ0v) is 12.1. The summed E-state index contributed by atoms with van der Waals surface area (Å²) in [5.74, 6) is 0.873. The van der Waals surface area contributed by atoms with Crippen molar-refractivity contribution in [2.24, 2.45) is 0 Å². The lowest BCUT2D eigenvalue weighted by molar-refractivity contribution is 0.302. The summed E-state index contributed by atoms with van der Waals surface area (Å²) in [6.07, 6.45) is 2.20. The van der Waals surface area contributed by atoms with E-state index in [4.69, 9.17) is 4.74 Å². The van der Waals surface area contributed by atoms with Gasteiger partial charge in [-0.1, -0.05) is 22.9 Å². The second kappa shape index (κ2) is 6.17. The van der Waals surface area contributed by atoms with Crippen molar-refractivity contribution in [2.75, 3.05) is 0 Å². The number of aryl methyl sites for hydroxylation is 1. The zero-order valence-electron chi connectivity index (χ0n) is 9.65. The smallest absolute Gasteiger partial charge is 0.131 e. The number of thiazole rings is 1. The molecule has 4 heteroatoms. The average Bonchev–Trinajstić information content (AvgIpc) is 2.77. The van der Waals surface area contributed by atoms with Gasteiger partial charge in [0.05, 0.1) is 10.7 Å². The van der Waals surface area contributed by atoms with E-state index in [2.05, 4.69) is 33.2 Å². The molecule has 0 atom stereocenters. The van der Waals surface area contributed by atoms with Gasteiger partial charge in [0.25, 0.3) is 0 Å². The van der Waals surface area contributed by atoms with Crippen LogP contribution in [0.4, 0.5) is 0 Å². The van der Waals surface area contributed by atoms with Gasteiger partial charge < -0.3 is 4.74 Å². The molecule has 0 fully saturated rings. The Hall–Kier alpha value is -0.870. The second-order valence-corrected chi connectivity index (χ2v) is 5.58. The quantitative estimate of drug-likeness (QED) is 0.814. The first kappa shape index (κ1) is 12.6. The van der Waals surface area contributed by atoms with Crippen LogP contribution in [0.15, 0.2) is 34.1 Å². The molecule has 0 aliphatic heterocycles. The van der Waals surface area contributed by atoms with Crippen LogP contribution in [0.1, 0.15) is 24.0 Å². The van der Waals surface area contributed by atoms with Crippen molar-refractivity contribution < 1.29 is 4.74 Å². The third-order valence-corrected chi connectivity index (χ3v) is 3.75. The zero-order chi connectivity index (χ0) is 12.1. The lowest BCUT2D eigenvalue weighted by Gasteiger charge is -2.03. The van der Waals surface area contributed by atoms with Gasteiger partial charge in [-0.15, -0.1) is 11.3 Å². The van der Waals surface area contributed by atoms with Crippen molar-refractivity contribution >= 4 is 27.3 Å². The summed E-state index contributed by atoms with van der Waals surface area (Å²) in [7, 11) is 0. The molecule has 0 saturated heterocycles. The summed E-state index contributed by atoms with van der Waals surface area (Å²) < 4.78 is 6.72. The highest BCUT2D eigenvalue weighted by Gasteiger charge is 2.02. The summed E-state index contributed by atoms with van der Waals surface area (Å²) >= 11 is 5.11. The van der Waals surface area contributed by atoms with E-state index in [-0.39, 0.29) is 0 Å². The van der Waals surface area contributed by atoms with Crippen LogP contribution in [0.5, 0.6) is 5.75 Å². The van der Waals surface area contributed by atoms with Gasteiger partial charge >= 0.3 is 0 Å². The topological polar surface area (TPSA) is 22.1 Å². The van der Waals surface area contributed by atoms with Crippen LogP contribution in [0.2, 0.25) is 0 Å². The molecule has 0 spiro atoms. The number of benzene rings is 1. The van der Waals surface area contributed by atoms with Crippen LogP contribution in [0, 0.1) is 0 Å². The molecule has 17 heavy (non-hydrogen) atoms. The summed E-state index contributed by atoms with van der Waals surface area (Å²) in [6.45, 7) is 2.71. The number of halogens is 1. The third-order valence-electron chi connectivity index (χ3n) is 2.26. The molecule has 0 bridgehead atoms. The Balaban J connectivity index is 1.90. The molecule has 1 heterocycles. The van der Waals surface area contributed by atoms with E-state index in [1.165, 1.54) is 5.01 Å². The Morgan fingerprint density at radius 1 is 1.29 bits per heavy atom. The second-order valence-electron chi connectivity index (χ2n) is 3.73. The number of hydrogen-bond donors (Lipinski definition) is 0. The highest BCUT2D eigenvalue weighted by molar-refractivity contribution is 9.10. The van der Waals surface area contributed by atoms with Gasteiger partial charge in [-0.3, -0.25) is 0 Å². The van der Waals surface area contributed by atoms with E-state index < -0.39 is 0 Å². The molecule has 2 aromatic rings. The van der Waals surface area contributed by atoms with Crippen molar-refractivity contribution in [3.8, 4) is 5.75 Å². The van der Waals surface area contributed by atoms with Crippen molar-refractivity contribution in [2.45, 2.75) is 26.4 Å². The number of ether oxygens (including phenoxy) is 1. The molecule has 2 rings (SSSR count). The first-order valence-electron chi connectivity index (χ1n) is 5.59. The molecule has 1 aromatic heterocycles. The SMILES string of the molecule is CCCc1nc(COc2ccc(Br)cc2)cs1. The normalized spacial score (nSPS) is 10.5. The Kier molecular flexibility index (Phi) is 4.57. The van der Waals surface area contributed by atoms with E-state index in [0.717, 1.165) is 28.8 Å². The highest BCUT2D eigenvalue weighted by atomic mass is 79.9. The molecule has 0 saturated carbocycles. The molecule has 1 aromatic carbocycles. The van der Waals surface area contributed by atoms with Crippen LogP contribution in [-0.2, 0) is 13.0 Å². The molecule has 0 aliphatic rings. The minimum absolute atomic E-state index is 0.543. The predicted molar refractivity (Wildman–Crippen MR) is 74.6 cm³/mol. The number of aromatic nitrogens is 1. The van der Waals surface area contributed by atoms with Crippen molar-refractivity contribution in [3.63, 3.8) is 0 Å². The van der Waals surface area contributed by atoms with Gasteiger partial charge in [0.1, 0.15) is 12.4 Å².